The van der Waals surface area contributed by atoms with Crippen LogP contribution in [0.4, 0.5) is 0 Å². The molecule has 6 N–H and O–H groups in total. The molecule has 1 rings (SSSR count). The van der Waals surface area contributed by atoms with Crippen molar-refractivity contribution >= 4 is 5.91 Å². The van der Waals surface area contributed by atoms with Gasteiger partial charge in [-0.25, -0.2) is 0 Å². The minimum Gasteiger partial charge on any atom is -0.394 e. The van der Waals surface area contributed by atoms with Crippen molar-refractivity contribution in [1.82, 2.24) is 5.32 Å². The zero-order chi connectivity index (χ0) is 34.5. The van der Waals surface area contributed by atoms with Gasteiger partial charge >= 0.3 is 0 Å². The molecular formula is C38H71NO8. The van der Waals surface area contributed by atoms with E-state index < -0.39 is 49.5 Å². The van der Waals surface area contributed by atoms with E-state index >= 15 is 0 Å². The van der Waals surface area contributed by atoms with Crippen LogP contribution in [0, 0.1) is 0 Å². The van der Waals surface area contributed by atoms with Crippen LogP contribution in [0.15, 0.2) is 24.3 Å². The Balaban J connectivity index is 2.48. The summed E-state index contributed by atoms with van der Waals surface area (Å²) in [5.41, 5.74) is 0. The van der Waals surface area contributed by atoms with E-state index in [2.05, 4.69) is 37.4 Å². The second-order valence-corrected chi connectivity index (χ2v) is 13.4. The minimum absolute atomic E-state index is 0.160. The first-order valence-electron chi connectivity index (χ1n) is 19.0. The number of aliphatic hydroxyl groups is 5. The molecule has 1 fully saturated rings. The number of carbonyl (C=O) groups is 1. The summed E-state index contributed by atoms with van der Waals surface area (Å²) in [6.07, 6.45) is 24.8. The van der Waals surface area contributed by atoms with E-state index in [1.165, 1.54) is 89.9 Å². The third-order valence-corrected chi connectivity index (χ3v) is 9.07. The molecule has 7 unspecified atom stereocenters. The number of hydrogen-bond donors (Lipinski definition) is 6. The average molecular weight is 670 g/mol. The average Bonchev–Trinajstić information content (AvgIpc) is 3.07. The number of carbonyl (C=O) groups excluding carboxylic acids is 1. The van der Waals surface area contributed by atoms with Gasteiger partial charge in [0.2, 0.25) is 5.91 Å². The van der Waals surface area contributed by atoms with Gasteiger partial charge in [0, 0.05) is 6.42 Å². The fourth-order valence-corrected chi connectivity index (χ4v) is 5.91. The van der Waals surface area contributed by atoms with Crippen molar-refractivity contribution in [2.45, 2.75) is 198 Å². The van der Waals surface area contributed by atoms with Crippen molar-refractivity contribution in [3.63, 3.8) is 0 Å². The summed E-state index contributed by atoms with van der Waals surface area (Å²) < 4.78 is 11.2. The lowest BCUT2D eigenvalue weighted by Crippen LogP contribution is -2.60. The van der Waals surface area contributed by atoms with Gasteiger partial charge in [-0.2, -0.15) is 0 Å². The lowest BCUT2D eigenvalue weighted by molar-refractivity contribution is -0.302. The highest BCUT2D eigenvalue weighted by Gasteiger charge is 2.44. The van der Waals surface area contributed by atoms with Crippen molar-refractivity contribution < 1.29 is 39.8 Å². The van der Waals surface area contributed by atoms with E-state index in [0.29, 0.717) is 12.8 Å². The van der Waals surface area contributed by atoms with Crippen LogP contribution in [-0.2, 0) is 14.3 Å². The second kappa shape index (κ2) is 29.6. The first-order chi connectivity index (χ1) is 22.8. The monoisotopic (exact) mass is 670 g/mol. The molecule has 0 spiro atoms. The number of nitrogens with one attached hydrogen (secondary N) is 1. The number of aliphatic hydroxyl groups excluding tert-OH is 5. The largest absolute Gasteiger partial charge is 0.394 e. The molecule has 0 saturated carbocycles. The van der Waals surface area contributed by atoms with Gasteiger partial charge in [-0.05, 0) is 32.1 Å². The van der Waals surface area contributed by atoms with E-state index in [1.54, 1.807) is 0 Å². The van der Waals surface area contributed by atoms with Gasteiger partial charge in [0.25, 0.3) is 0 Å². The van der Waals surface area contributed by atoms with Crippen LogP contribution in [0.25, 0.3) is 0 Å². The van der Waals surface area contributed by atoms with Gasteiger partial charge in [-0.1, -0.05) is 141 Å². The number of rotatable bonds is 30. The molecule has 1 aliphatic rings. The Hall–Kier alpha value is -1.33. The molecule has 9 nitrogen and oxygen atoms in total. The van der Waals surface area contributed by atoms with Crippen molar-refractivity contribution in [2.75, 3.05) is 13.2 Å². The highest BCUT2D eigenvalue weighted by atomic mass is 16.7. The highest BCUT2D eigenvalue weighted by molar-refractivity contribution is 5.76. The number of ether oxygens (including phenoxy) is 2. The molecule has 0 aromatic carbocycles. The number of hydrogen-bond acceptors (Lipinski definition) is 8. The van der Waals surface area contributed by atoms with Gasteiger partial charge in [-0.3, -0.25) is 4.79 Å². The quantitative estimate of drug-likeness (QED) is 0.0381. The topological polar surface area (TPSA) is 149 Å². The van der Waals surface area contributed by atoms with Crippen LogP contribution >= 0.6 is 0 Å². The smallest absolute Gasteiger partial charge is 0.220 e. The van der Waals surface area contributed by atoms with Crippen molar-refractivity contribution in [1.29, 1.82) is 0 Å². The molecule has 1 amide bonds. The fourth-order valence-electron chi connectivity index (χ4n) is 5.91. The van der Waals surface area contributed by atoms with Gasteiger partial charge in [0.1, 0.15) is 24.4 Å². The third-order valence-electron chi connectivity index (χ3n) is 9.07. The maximum atomic E-state index is 12.8. The predicted octanol–water partition coefficient (Wildman–Crippen LogP) is 6.38. The van der Waals surface area contributed by atoms with Crippen molar-refractivity contribution in [3.05, 3.63) is 24.3 Å². The molecule has 1 aliphatic heterocycles. The van der Waals surface area contributed by atoms with Crippen LogP contribution in [0.2, 0.25) is 0 Å². The lowest BCUT2D eigenvalue weighted by atomic mass is 9.99. The summed E-state index contributed by atoms with van der Waals surface area (Å²) in [6, 6.07) is -0.744. The Labute approximate surface area is 286 Å². The molecule has 1 saturated heterocycles. The lowest BCUT2D eigenvalue weighted by Gasteiger charge is -2.40. The Bertz CT molecular complexity index is 792. The maximum absolute atomic E-state index is 12.8. The Morgan fingerprint density at radius 2 is 1.26 bits per heavy atom. The van der Waals surface area contributed by atoms with Gasteiger partial charge in [0.15, 0.2) is 6.29 Å². The summed E-state index contributed by atoms with van der Waals surface area (Å²) in [6.45, 7) is 3.75. The van der Waals surface area contributed by atoms with Crippen LogP contribution in [0.5, 0.6) is 0 Å². The molecule has 0 aromatic rings. The Morgan fingerprint density at radius 1 is 0.723 bits per heavy atom. The molecule has 47 heavy (non-hydrogen) atoms. The third kappa shape index (κ3) is 21.4. The number of amides is 1. The summed E-state index contributed by atoms with van der Waals surface area (Å²) in [5.74, 6) is -0.214. The molecular weight excluding hydrogens is 598 g/mol. The zero-order valence-electron chi connectivity index (χ0n) is 29.8. The summed E-state index contributed by atoms with van der Waals surface area (Å²) in [4.78, 5) is 12.8. The molecule has 0 aliphatic carbocycles. The molecule has 0 radical (unpaired) electrons. The van der Waals surface area contributed by atoms with Crippen LogP contribution in [0.3, 0.4) is 0 Å². The molecule has 9 heteroatoms. The van der Waals surface area contributed by atoms with E-state index in [1.807, 2.05) is 6.08 Å². The van der Waals surface area contributed by atoms with E-state index in [-0.39, 0.29) is 18.9 Å². The summed E-state index contributed by atoms with van der Waals surface area (Å²) in [5, 5.41) is 53.9. The van der Waals surface area contributed by atoms with Crippen LogP contribution in [-0.4, -0.2) is 87.5 Å². The van der Waals surface area contributed by atoms with Gasteiger partial charge in [0.05, 0.1) is 25.4 Å². The van der Waals surface area contributed by atoms with Crippen molar-refractivity contribution in [3.8, 4) is 0 Å². The molecule has 0 bridgehead atoms. The summed E-state index contributed by atoms with van der Waals surface area (Å²) in [7, 11) is 0. The fraction of sp³-hybridized carbons (Fsp3) is 0.868. The van der Waals surface area contributed by atoms with Gasteiger partial charge < -0.3 is 40.3 Å². The maximum Gasteiger partial charge on any atom is 0.220 e. The highest BCUT2D eigenvalue weighted by Crippen LogP contribution is 2.23. The summed E-state index contributed by atoms with van der Waals surface area (Å²) >= 11 is 0. The second-order valence-electron chi connectivity index (χ2n) is 13.4. The molecule has 276 valence electrons. The Morgan fingerprint density at radius 3 is 1.83 bits per heavy atom. The minimum atomic E-state index is -1.56. The first-order valence-corrected chi connectivity index (χ1v) is 19.0. The normalized spacial score (nSPS) is 23.1. The standard InChI is InChI=1S/C38H71NO8/c1-3-5-7-9-11-13-15-16-18-20-22-24-26-28-34(42)39-31(30-46-38-37(45)36(44)35(43)33(29-40)47-38)32(41)27-25-23-21-19-17-14-12-10-8-6-4-2/h16,18,22,24,31-33,35-38,40-41,43-45H,3-15,17,19-21,23,25-30H2,1-2H3,(H,39,42)/b18-16-,24-22-. The van der Waals surface area contributed by atoms with E-state index in [9.17, 15) is 30.3 Å². The number of unbranched alkanes of at least 4 members (excludes halogenated alkanes) is 16. The molecule has 7 atom stereocenters. The first kappa shape index (κ1) is 43.7. The number of allylic oxidation sites excluding steroid dienone is 4. The van der Waals surface area contributed by atoms with E-state index in [4.69, 9.17) is 9.47 Å². The van der Waals surface area contributed by atoms with Gasteiger partial charge in [-0.15, -0.1) is 0 Å². The van der Waals surface area contributed by atoms with E-state index in [0.717, 1.165) is 32.1 Å². The predicted molar refractivity (Wildman–Crippen MR) is 189 cm³/mol. The molecule has 1 heterocycles. The van der Waals surface area contributed by atoms with Crippen LogP contribution in [0.1, 0.15) is 155 Å². The van der Waals surface area contributed by atoms with Crippen LogP contribution < -0.4 is 5.32 Å². The molecule has 0 aromatic heterocycles. The zero-order valence-corrected chi connectivity index (χ0v) is 29.8. The SMILES string of the molecule is CCCCCCCC/C=C\C/C=C\CCC(=O)NC(COC1OC(CO)C(O)C(O)C1O)C(O)CCCCCCCCCCCCC. The Kier molecular flexibility index (Phi) is 27.5. The van der Waals surface area contributed by atoms with Crippen molar-refractivity contribution in [2.24, 2.45) is 0 Å².